The van der Waals surface area contributed by atoms with E-state index >= 15 is 0 Å². The molecule has 0 atom stereocenters. The molecule has 0 aliphatic rings. The molecule has 0 saturated carbocycles. The molecule has 0 aliphatic carbocycles. The SMILES string of the molecule is Nc1nc(N)nc(-c2ccc3cc(OCc4ccccc4)ccc3c2)n1. The molecule has 1 heterocycles. The van der Waals surface area contributed by atoms with Crippen LogP contribution in [-0.4, -0.2) is 15.0 Å². The van der Waals surface area contributed by atoms with Gasteiger partial charge in [0.05, 0.1) is 0 Å². The van der Waals surface area contributed by atoms with Crippen molar-refractivity contribution in [1.82, 2.24) is 15.0 Å². The van der Waals surface area contributed by atoms with Gasteiger partial charge in [0.2, 0.25) is 11.9 Å². The Morgan fingerprint density at radius 3 is 2.19 bits per heavy atom. The number of nitrogens with two attached hydrogens (primary N) is 2. The average molecular weight is 343 g/mol. The van der Waals surface area contributed by atoms with E-state index in [1.165, 1.54) is 0 Å². The summed E-state index contributed by atoms with van der Waals surface area (Å²) in [6, 6.07) is 22.0. The molecule has 0 unspecified atom stereocenters. The average Bonchev–Trinajstić information content (AvgIpc) is 2.66. The third kappa shape index (κ3) is 3.39. The highest BCUT2D eigenvalue weighted by molar-refractivity contribution is 5.87. The van der Waals surface area contributed by atoms with Gasteiger partial charge in [0.25, 0.3) is 0 Å². The number of rotatable bonds is 4. The van der Waals surface area contributed by atoms with Gasteiger partial charge < -0.3 is 16.2 Å². The fourth-order valence-electron chi connectivity index (χ4n) is 2.73. The second-order valence-corrected chi connectivity index (χ2v) is 5.87. The number of nitrogens with zero attached hydrogens (tertiary/aromatic N) is 3. The molecule has 4 N–H and O–H groups in total. The van der Waals surface area contributed by atoms with Crippen LogP contribution in [0.2, 0.25) is 0 Å². The first-order valence-corrected chi connectivity index (χ1v) is 8.15. The molecule has 0 fully saturated rings. The van der Waals surface area contributed by atoms with Gasteiger partial charge in [-0.3, -0.25) is 0 Å². The number of anilines is 2. The van der Waals surface area contributed by atoms with Crippen LogP contribution in [0.25, 0.3) is 22.2 Å². The monoisotopic (exact) mass is 343 g/mol. The summed E-state index contributed by atoms with van der Waals surface area (Å²) in [7, 11) is 0. The zero-order chi connectivity index (χ0) is 17.9. The van der Waals surface area contributed by atoms with E-state index in [9.17, 15) is 0 Å². The van der Waals surface area contributed by atoms with Gasteiger partial charge >= 0.3 is 0 Å². The summed E-state index contributed by atoms with van der Waals surface area (Å²) in [6.45, 7) is 0.536. The number of fused-ring (bicyclic) bond motifs is 1. The predicted molar refractivity (Wildman–Crippen MR) is 102 cm³/mol. The quantitative estimate of drug-likeness (QED) is 0.589. The van der Waals surface area contributed by atoms with Crippen LogP contribution in [-0.2, 0) is 6.61 Å². The van der Waals surface area contributed by atoms with Crippen LogP contribution in [0.4, 0.5) is 11.9 Å². The Balaban J connectivity index is 1.60. The van der Waals surface area contributed by atoms with Crippen molar-refractivity contribution in [3.05, 3.63) is 72.3 Å². The van der Waals surface area contributed by atoms with Crippen molar-refractivity contribution >= 4 is 22.7 Å². The van der Waals surface area contributed by atoms with E-state index in [2.05, 4.69) is 15.0 Å². The molecule has 4 aromatic rings. The van der Waals surface area contributed by atoms with Gasteiger partial charge in [-0.1, -0.05) is 48.5 Å². The lowest BCUT2D eigenvalue weighted by molar-refractivity contribution is 0.306. The highest BCUT2D eigenvalue weighted by atomic mass is 16.5. The van der Waals surface area contributed by atoms with Crippen LogP contribution in [0.5, 0.6) is 5.75 Å². The highest BCUT2D eigenvalue weighted by Crippen LogP contribution is 2.26. The zero-order valence-corrected chi connectivity index (χ0v) is 14.0. The summed E-state index contributed by atoms with van der Waals surface area (Å²) >= 11 is 0. The first-order chi connectivity index (χ1) is 12.7. The highest BCUT2D eigenvalue weighted by Gasteiger charge is 2.07. The maximum atomic E-state index is 5.88. The third-order valence-corrected chi connectivity index (χ3v) is 3.99. The molecule has 0 spiro atoms. The van der Waals surface area contributed by atoms with E-state index in [1.807, 2.05) is 66.7 Å². The van der Waals surface area contributed by atoms with E-state index in [4.69, 9.17) is 16.2 Å². The number of nitrogen functional groups attached to an aromatic ring is 2. The maximum absolute atomic E-state index is 5.88. The van der Waals surface area contributed by atoms with Gasteiger partial charge in [-0.25, -0.2) is 0 Å². The summed E-state index contributed by atoms with van der Waals surface area (Å²) in [5.41, 5.74) is 13.3. The fourth-order valence-corrected chi connectivity index (χ4v) is 2.73. The van der Waals surface area contributed by atoms with Crippen molar-refractivity contribution in [2.24, 2.45) is 0 Å². The van der Waals surface area contributed by atoms with E-state index < -0.39 is 0 Å². The molecule has 0 bridgehead atoms. The molecule has 0 amide bonds. The minimum absolute atomic E-state index is 0.109. The van der Waals surface area contributed by atoms with E-state index in [0.717, 1.165) is 27.6 Å². The number of aromatic nitrogens is 3. The van der Waals surface area contributed by atoms with Gasteiger partial charge in [0.15, 0.2) is 5.82 Å². The van der Waals surface area contributed by atoms with Crippen LogP contribution in [0.15, 0.2) is 66.7 Å². The normalized spacial score (nSPS) is 10.8. The molecule has 26 heavy (non-hydrogen) atoms. The Labute approximate surface area is 150 Å². The molecule has 0 saturated heterocycles. The Morgan fingerprint density at radius 2 is 1.42 bits per heavy atom. The lowest BCUT2D eigenvalue weighted by Gasteiger charge is -2.08. The molecule has 6 nitrogen and oxygen atoms in total. The molecule has 0 radical (unpaired) electrons. The Morgan fingerprint density at radius 1 is 0.731 bits per heavy atom. The van der Waals surface area contributed by atoms with Gasteiger partial charge in [-0.05, 0) is 34.5 Å². The summed E-state index contributed by atoms with van der Waals surface area (Å²) in [5.74, 6) is 1.50. The first-order valence-electron chi connectivity index (χ1n) is 8.15. The topological polar surface area (TPSA) is 99.9 Å². The van der Waals surface area contributed by atoms with Gasteiger partial charge in [-0.15, -0.1) is 0 Å². The molecule has 6 heteroatoms. The second kappa shape index (κ2) is 6.68. The van der Waals surface area contributed by atoms with Crippen molar-refractivity contribution in [2.75, 3.05) is 11.5 Å². The molecule has 0 aliphatic heterocycles. The summed E-state index contributed by atoms with van der Waals surface area (Å²) < 4.78 is 5.88. The first kappa shape index (κ1) is 15.8. The van der Waals surface area contributed by atoms with Crippen molar-refractivity contribution in [2.45, 2.75) is 6.61 Å². The Hall–Kier alpha value is -3.67. The van der Waals surface area contributed by atoms with Crippen molar-refractivity contribution in [1.29, 1.82) is 0 Å². The smallest absolute Gasteiger partial charge is 0.225 e. The van der Waals surface area contributed by atoms with Crippen LogP contribution in [0, 0.1) is 0 Å². The third-order valence-electron chi connectivity index (χ3n) is 3.99. The van der Waals surface area contributed by atoms with Gasteiger partial charge in [-0.2, -0.15) is 15.0 Å². The van der Waals surface area contributed by atoms with Gasteiger partial charge in [0, 0.05) is 5.56 Å². The standard InChI is InChI=1S/C20H17N5O/c21-19-23-18(24-20(22)25-19)16-7-6-15-11-17(9-8-14(15)10-16)26-12-13-4-2-1-3-5-13/h1-11H,12H2,(H4,21,22,23,24,25). The molecular weight excluding hydrogens is 326 g/mol. The van der Waals surface area contributed by atoms with Crippen LogP contribution in [0.1, 0.15) is 5.56 Å². The number of hydrogen-bond donors (Lipinski definition) is 2. The lowest BCUT2D eigenvalue weighted by Crippen LogP contribution is -2.04. The summed E-state index contributed by atoms with van der Waals surface area (Å²) in [4.78, 5) is 12.1. The lowest BCUT2D eigenvalue weighted by atomic mass is 10.1. The number of benzene rings is 3. The van der Waals surface area contributed by atoms with Crippen LogP contribution >= 0.6 is 0 Å². The maximum Gasteiger partial charge on any atom is 0.225 e. The molecule has 4 rings (SSSR count). The van der Waals surface area contributed by atoms with E-state index in [1.54, 1.807) is 0 Å². The molecule has 1 aromatic heterocycles. The van der Waals surface area contributed by atoms with Crippen molar-refractivity contribution in [3.63, 3.8) is 0 Å². The van der Waals surface area contributed by atoms with E-state index in [0.29, 0.717) is 12.4 Å². The fraction of sp³-hybridized carbons (Fsp3) is 0.0500. The van der Waals surface area contributed by atoms with Crippen molar-refractivity contribution in [3.8, 4) is 17.1 Å². The predicted octanol–water partition coefficient (Wildman–Crippen LogP) is 3.44. The van der Waals surface area contributed by atoms with Crippen molar-refractivity contribution < 1.29 is 4.74 Å². The minimum Gasteiger partial charge on any atom is -0.489 e. The summed E-state index contributed by atoms with van der Waals surface area (Å²) in [5, 5.41) is 2.11. The second-order valence-electron chi connectivity index (χ2n) is 5.87. The molecular formula is C20H17N5O. The number of ether oxygens (including phenoxy) is 1. The zero-order valence-electron chi connectivity index (χ0n) is 14.0. The summed E-state index contributed by atoms with van der Waals surface area (Å²) in [6.07, 6.45) is 0. The van der Waals surface area contributed by atoms with Gasteiger partial charge in [0.1, 0.15) is 12.4 Å². The Bertz CT molecular complexity index is 1050. The largest absolute Gasteiger partial charge is 0.489 e. The minimum atomic E-state index is 0.109. The number of hydrogen-bond acceptors (Lipinski definition) is 6. The van der Waals surface area contributed by atoms with E-state index in [-0.39, 0.29) is 11.9 Å². The Kier molecular flexibility index (Phi) is 4.07. The molecule has 128 valence electrons. The van der Waals surface area contributed by atoms with Crippen LogP contribution in [0.3, 0.4) is 0 Å². The van der Waals surface area contributed by atoms with Crippen LogP contribution < -0.4 is 16.2 Å². The molecule has 3 aromatic carbocycles.